The van der Waals surface area contributed by atoms with E-state index in [1.807, 2.05) is 6.07 Å². The van der Waals surface area contributed by atoms with Crippen molar-refractivity contribution in [2.45, 2.75) is 18.4 Å². The fourth-order valence-corrected chi connectivity index (χ4v) is 3.60. The first-order chi connectivity index (χ1) is 13.5. The molecule has 0 radical (unpaired) electrons. The second kappa shape index (κ2) is 8.22. The van der Waals surface area contributed by atoms with Gasteiger partial charge in [0.05, 0.1) is 28.9 Å². The Labute approximate surface area is 162 Å². The van der Waals surface area contributed by atoms with Crippen molar-refractivity contribution in [2.75, 3.05) is 12.9 Å². The lowest BCUT2D eigenvalue weighted by atomic mass is 10.2. The molecule has 0 aliphatic heterocycles. The van der Waals surface area contributed by atoms with Crippen LogP contribution in [0.1, 0.15) is 23.2 Å². The summed E-state index contributed by atoms with van der Waals surface area (Å²) in [6.45, 7) is 1.22. The fourth-order valence-electron chi connectivity index (χ4n) is 2.52. The van der Waals surface area contributed by atoms with E-state index in [1.165, 1.54) is 26.2 Å². The third-order valence-corrected chi connectivity index (χ3v) is 5.75. The van der Waals surface area contributed by atoms with Crippen LogP contribution in [0.2, 0.25) is 0 Å². The average molecular weight is 402 g/mol. The molecule has 0 amide bonds. The molecule has 1 aromatic heterocycles. The third-order valence-electron chi connectivity index (χ3n) is 3.96. The van der Waals surface area contributed by atoms with Crippen molar-refractivity contribution in [3.8, 4) is 17.1 Å². The topological polar surface area (TPSA) is 109 Å². The zero-order valence-corrected chi connectivity index (χ0v) is 16.1. The van der Waals surface area contributed by atoms with Crippen molar-refractivity contribution < 1.29 is 27.2 Å². The Morgan fingerprint density at radius 1 is 1.11 bits per heavy atom. The lowest BCUT2D eigenvalue weighted by Gasteiger charge is -2.08. The second-order valence-electron chi connectivity index (χ2n) is 5.69. The number of rotatable bonds is 7. The zero-order chi connectivity index (χ0) is 20.1. The van der Waals surface area contributed by atoms with E-state index in [-0.39, 0.29) is 34.5 Å². The molecule has 3 rings (SSSR count). The number of hydrogen-bond donors (Lipinski definition) is 0. The minimum absolute atomic E-state index is 0.0335. The number of benzene rings is 2. The Morgan fingerprint density at radius 2 is 1.82 bits per heavy atom. The molecule has 1 heterocycles. The molecule has 28 heavy (non-hydrogen) atoms. The van der Waals surface area contributed by atoms with Crippen LogP contribution in [0.25, 0.3) is 11.4 Å². The molecule has 0 saturated carbocycles. The summed E-state index contributed by atoms with van der Waals surface area (Å²) in [6, 6.07) is 13.0. The second-order valence-corrected chi connectivity index (χ2v) is 7.93. The van der Waals surface area contributed by atoms with Crippen LogP contribution in [0.3, 0.4) is 0 Å². The summed E-state index contributed by atoms with van der Waals surface area (Å²) in [4.78, 5) is 16.5. The number of ether oxygens (including phenoxy) is 2. The van der Waals surface area contributed by atoms with Gasteiger partial charge in [0.1, 0.15) is 5.75 Å². The van der Waals surface area contributed by atoms with E-state index in [0.29, 0.717) is 11.3 Å². The molecule has 3 aromatic rings. The first-order valence-corrected chi connectivity index (χ1v) is 10.1. The summed E-state index contributed by atoms with van der Waals surface area (Å²) in [5.74, 6) is 0.0289. The minimum atomic E-state index is -3.56. The molecular weight excluding hydrogens is 384 g/mol. The van der Waals surface area contributed by atoms with Gasteiger partial charge in [-0.1, -0.05) is 36.3 Å². The van der Waals surface area contributed by atoms with Gasteiger partial charge in [-0.05, 0) is 24.3 Å². The van der Waals surface area contributed by atoms with Gasteiger partial charge < -0.3 is 14.0 Å². The van der Waals surface area contributed by atoms with Crippen LogP contribution in [0.15, 0.2) is 57.9 Å². The maximum absolute atomic E-state index is 12.4. The van der Waals surface area contributed by atoms with Gasteiger partial charge in [-0.15, -0.1) is 0 Å². The Hall–Kier alpha value is -3.20. The summed E-state index contributed by atoms with van der Waals surface area (Å²) >= 11 is 0. The van der Waals surface area contributed by atoms with E-state index in [0.717, 1.165) is 0 Å². The lowest BCUT2D eigenvalue weighted by molar-refractivity contribution is 0.0425. The summed E-state index contributed by atoms with van der Waals surface area (Å²) in [6.07, 6.45) is 0. The van der Waals surface area contributed by atoms with Gasteiger partial charge in [0.15, 0.2) is 16.4 Å². The predicted octanol–water partition coefficient (Wildman–Crippen LogP) is 2.90. The third kappa shape index (κ3) is 4.04. The Kier molecular flexibility index (Phi) is 5.74. The Morgan fingerprint density at radius 3 is 2.57 bits per heavy atom. The summed E-state index contributed by atoms with van der Waals surface area (Å²) in [5.41, 5.74) is 0.597. The maximum Gasteiger partial charge on any atom is 0.339 e. The molecule has 0 aliphatic rings. The van der Waals surface area contributed by atoms with Crippen LogP contribution < -0.4 is 4.74 Å². The molecule has 8 nitrogen and oxygen atoms in total. The summed E-state index contributed by atoms with van der Waals surface area (Å²) in [7, 11) is -2.03. The molecule has 9 heteroatoms. The van der Waals surface area contributed by atoms with Gasteiger partial charge in [-0.25, -0.2) is 13.2 Å². The molecule has 146 valence electrons. The molecule has 0 aliphatic carbocycles. The van der Waals surface area contributed by atoms with Gasteiger partial charge in [0.25, 0.3) is 5.89 Å². The zero-order valence-electron chi connectivity index (χ0n) is 15.3. The van der Waals surface area contributed by atoms with Gasteiger partial charge in [0.2, 0.25) is 5.82 Å². The number of esters is 1. The van der Waals surface area contributed by atoms with Gasteiger partial charge in [-0.2, -0.15) is 4.98 Å². The quantitative estimate of drug-likeness (QED) is 0.555. The van der Waals surface area contributed by atoms with E-state index in [4.69, 9.17) is 14.0 Å². The number of nitrogens with zero attached hydrogens (tertiary/aromatic N) is 2. The molecule has 0 atom stereocenters. The highest BCUT2D eigenvalue weighted by molar-refractivity contribution is 7.91. The van der Waals surface area contributed by atoms with Crippen molar-refractivity contribution >= 4 is 15.8 Å². The van der Waals surface area contributed by atoms with Crippen LogP contribution in [0.4, 0.5) is 0 Å². The highest BCUT2D eigenvalue weighted by Gasteiger charge is 2.22. The van der Waals surface area contributed by atoms with Crippen LogP contribution in [-0.4, -0.2) is 37.4 Å². The summed E-state index contributed by atoms with van der Waals surface area (Å²) < 4.78 is 39.9. The summed E-state index contributed by atoms with van der Waals surface area (Å²) in [5, 5.41) is 3.86. The van der Waals surface area contributed by atoms with Gasteiger partial charge in [0, 0.05) is 0 Å². The number of sulfone groups is 1. The average Bonchev–Trinajstić information content (AvgIpc) is 3.20. The molecule has 0 bridgehead atoms. The Balaban J connectivity index is 1.76. The van der Waals surface area contributed by atoms with Crippen molar-refractivity contribution in [1.82, 2.24) is 10.1 Å². The standard InChI is InChI=1S/C19H18N2O6S/c1-3-28(23,24)16-11-7-5-9-14(16)19(22)26-12-17-20-18(21-27-17)13-8-4-6-10-15(13)25-2/h4-11H,3,12H2,1-2H3. The van der Waals surface area contributed by atoms with Crippen molar-refractivity contribution in [2.24, 2.45) is 0 Å². The minimum Gasteiger partial charge on any atom is -0.496 e. The van der Waals surface area contributed by atoms with Gasteiger partial charge >= 0.3 is 5.97 Å². The highest BCUT2D eigenvalue weighted by Crippen LogP contribution is 2.27. The first-order valence-electron chi connectivity index (χ1n) is 8.41. The normalized spacial score (nSPS) is 11.2. The van der Waals surface area contributed by atoms with Crippen molar-refractivity contribution in [3.05, 3.63) is 60.0 Å². The van der Waals surface area contributed by atoms with E-state index < -0.39 is 15.8 Å². The molecule has 2 aromatic carbocycles. The van der Waals surface area contributed by atoms with E-state index >= 15 is 0 Å². The van der Waals surface area contributed by atoms with E-state index in [1.54, 1.807) is 30.3 Å². The predicted molar refractivity (Wildman–Crippen MR) is 99.6 cm³/mol. The van der Waals surface area contributed by atoms with Crippen LogP contribution in [0, 0.1) is 0 Å². The molecule has 0 N–H and O–H groups in total. The monoisotopic (exact) mass is 402 g/mol. The van der Waals surface area contributed by atoms with Crippen LogP contribution in [-0.2, 0) is 21.2 Å². The van der Waals surface area contributed by atoms with Gasteiger partial charge in [-0.3, -0.25) is 0 Å². The number of aromatic nitrogens is 2. The lowest BCUT2D eigenvalue weighted by Crippen LogP contribution is -2.13. The largest absolute Gasteiger partial charge is 0.496 e. The van der Waals surface area contributed by atoms with Crippen LogP contribution >= 0.6 is 0 Å². The number of hydrogen-bond acceptors (Lipinski definition) is 8. The van der Waals surface area contributed by atoms with Crippen molar-refractivity contribution in [1.29, 1.82) is 0 Å². The number of para-hydroxylation sites is 1. The number of methoxy groups -OCH3 is 1. The van der Waals surface area contributed by atoms with E-state index in [2.05, 4.69) is 10.1 Å². The van der Waals surface area contributed by atoms with Crippen LogP contribution in [0.5, 0.6) is 5.75 Å². The molecular formula is C19H18N2O6S. The fraction of sp³-hybridized carbons (Fsp3) is 0.211. The highest BCUT2D eigenvalue weighted by atomic mass is 32.2. The molecule has 0 unspecified atom stereocenters. The Bertz CT molecular complexity index is 1090. The molecule has 0 saturated heterocycles. The van der Waals surface area contributed by atoms with Crippen molar-refractivity contribution in [3.63, 3.8) is 0 Å². The first kappa shape index (κ1) is 19.6. The van der Waals surface area contributed by atoms with E-state index in [9.17, 15) is 13.2 Å². The number of carbonyl (C=O) groups is 1. The molecule has 0 fully saturated rings. The SMILES string of the molecule is CCS(=O)(=O)c1ccccc1C(=O)OCc1nc(-c2ccccc2OC)no1. The molecule has 0 spiro atoms. The maximum atomic E-state index is 12.4. The number of carbonyl (C=O) groups excluding carboxylic acids is 1. The smallest absolute Gasteiger partial charge is 0.339 e.